The van der Waals surface area contributed by atoms with Crippen LogP contribution in [-0.4, -0.2) is 19.1 Å². The van der Waals surface area contributed by atoms with E-state index in [1.807, 2.05) is 0 Å². The lowest BCUT2D eigenvalue weighted by Crippen LogP contribution is -2.37. The van der Waals surface area contributed by atoms with Crippen LogP contribution in [0, 0.1) is 0 Å². The van der Waals surface area contributed by atoms with Gasteiger partial charge in [-0.2, -0.15) is 18.2 Å². The number of pyridine rings is 2. The Balaban J connectivity index is 2.02. The van der Waals surface area contributed by atoms with Gasteiger partial charge in [0.25, 0.3) is 5.56 Å². The lowest BCUT2D eigenvalue weighted by atomic mass is 10.2. The van der Waals surface area contributed by atoms with Gasteiger partial charge >= 0.3 is 11.9 Å². The molecule has 0 spiro atoms. The van der Waals surface area contributed by atoms with Crippen molar-refractivity contribution in [3.63, 3.8) is 0 Å². The molecule has 0 bridgehead atoms. The van der Waals surface area contributed by atoms with E-state index in [9.17, 15) is 22.8 Å². The summed E-state index contributed by atoms with van der Waals surface area (Å²) in [6, 6.07) is 5.36. The molecule has 3 heterocycles. The van der Waals surface area contributed by atoms with Gasteiger partial charge in [-0.15, -0.1) is 0 Å². The standard InChI is InChI=1S/C16H13F3N4O2/c1-2-23-14(24)11-4-3-7-22(13(11)21-15(23)25)9-10-5-6-12(20-8-10)16(17,18)19/h3-8H,2,9H2,1H3. The molecule has 2 aliphatic rings. The van der Waals surface area contributed by atoms with E-state index in [1.165, 1.54) is 10.6 Å². The Morgan fingerprint density at radius 1 is 1.16 bits per heavy atom. The van der Waals surface area contributed by atoms with Gasteiger partial charge < -0.3 is 4.57 Å². The molecule has 2 aliphatic heterocycles. The minimum Gasteiger partial charge on any atom is -0.328 e. The second kappa shape index (κ2) is 6.15. The van der Waals surface area contributed by atoms with Crippen molar-refractivity contribution in [3.8, 4) is 11.4 Å². The van der Waals surface area contributed by atoms with Crippen molar-refractivity contribution >= 4 is 0 Å². The predicted octanol–water partition coefficient (Wildman–Crippen LogP) is 1.99. The molecule has 0 N–H and O–H groups in total. The number of rotatable bonds is 3. The Kier molecular flexibility index (Phi) is 4.15. The summed E-state index contributed by atoms with van der Waals surface area (Å²) in [6.45, 7) is 2.00. The van der Waals surface area contributed by atoms with Crippen LogP contribution >= 0.6 is 0 Å². The van der Waals surface area contributed by atoms with Crippen LogP contribution in [0.15, 0.2) is 46.2 Å². The molecule has 0 aromatic carbocycles. The molecule has 6 nitrogen and oxygen atoms in total. The van der Waals surface area contributed by atoms with Crippen molar-refractivity contribution in [1.29, 1.82) is 0 Å². The van der Waals surface area contributed by atoms with E-state index in [2.05, 4.69) is 9.97 Å². The molecular formula is C16H13F3N4O2. The molecule has 3 rings (SSSR count). The van der Waals surface area contributed by atoms with E-state index in [1.54, 1.807) is 25.3 Å². The van der Waals surface area contributed by atoms with Gasteiger partial charge in [-0.1, -0.05) is 6.07 Å². The van der Waals surface area contributed by atoms with Gasteiger partial charge in [0.15, 0.2) is 5.82 Å². The van der Waals surface area contributed by atoms with E-state index >= 15 is 0 Å². The largest absolute Gasteiger partial charge is 0.433 e. The molecule has 0 atom stereocenters. The first-order valence-corrected chi connectivity index (χ1v) is 7.43. The normalized spacial score (nSPS) is 11.8. The summed E-state index contributed by atoms with van der Waals surface area (Å²) in [5.41, 5.74) is -1.34. The molecule has 0 unspecified atom stereocenters. The summed E-state index contributed by atoms with van der Waals surface area (Å²) in [6.07, 6.45) is -1.79. The van der Waals surface area contributed by atoms with Gasteiger partial charge in [0.05, 0.1) is 12.1 Å². The maximum Gasteiger partial charge on any atom is 0.433 e. The Morgan fingerprint density at radius 3 is 2.52 bits per heavy atom. The Labute approximate surface area is 139 Å². The Hall–Kier alpha value is -2.97. The van der Waals surface area contributed by atoms with Crippen LogP contribution in [-0.2, 0) is 19.3 Å². The summed E-state index contributed by atoms with van der Waals surface area (Å²) in [7, 11) is 0. The van der Waals surface area contributed by atoms with Crippen LogP contribution in [0.3, 0.4) is 0 Å². The third kappa shape index (κ3) is 3.17. The number of nitrogens with zero attached hydrogens (tertiary/aromatic N) is 4. The zero-order chi connectivity index (χ0) is 18.2. The molecule has 0 saturated heterocycles. The Bertz CT molecular complexity index is 990. The molecule has 0 aliphatic carbocycles. The van der Waals surface area contributed by atoms with E-state index < -0.39 is 23.1 Å². The number of fused-ring (bicyclic) bond motifs is 1. The van der Waals surface area contributed by atoms with Gasteiger partial charge in [-0.05, 0) is 30.7 Å². The zero-order valence-electron chi connectivity index (χ0n) is 13.1. The predicted molar refractivity (Wildman–Crippen MR) is 83.4 cm³/mol. The Morgan fingerprint density at radius 2 is 1.92 bits per heavy atom. The molecule has 1 aromatic heterocycles. The highest BCUT2D eigenvalue weighted by molar-refractivity contribution is 5.54. The van der Waals surface area contributed by atoms with Crippen molar-refractivity contribution in [2.75, 3.05) is 0 Å². The zero-order valence-corrected chi connectivity index (χ0v) is 13.1. The summed E-state index contributed by atoms with van der Waals surface area (Å²) in [5.74, 6) is 0.182. The van der Waals surface area contributed by atoms with Gasteiger partial charge in [0, 0.05) is 18.9 Å². The van der Waals surface area contributed by atoms with Crippen LogP contribution in [0.5, 0.6) is 0 Å². The first kappa shape index (κ1) is 16.9. The highest BCUT2D eigenvalue weighted by Gasteiger charge is 2.32. The van der Waals surface area contributed by atoms with Crippen LogP contribution in [0.1, 0.15) is 18.2 Å². The quantitative estimate of drug-likeness (QED) is 0.724. The highest BCUT2D eigenvalue weighted by Crippen LogP contribution is 2.27. The third-order valence-electron chi connectivity index (χ3n) is 3.73. The minimum absolute atomic E-state index is 0.129. The third-order valence-corrected chi connectivity index (χ3v) is 3.73. The number of hydrogen-bond donors (Lipinski definition) is 0. The molecule has 0 radical (unpaired) electrons. The van der Waals surface area contributed by atoms with E-state index in [4.69, 9.17) is 0 Å². The number of alkyl halides is 3. The second-order valence-corrected chi connectivity index (χ2v) is 5.37. The van der Waals surface area contributed by atoms with Crippen molar-refractivity contribution < 1.29 is 13.2 Å². The molecule has 9 heteroatoms. The molecule has 0 saturated carbocycles. The lowest BCUT2D eigenvalue weighted by molar-refractivity contribution is -0.141. The van der Waals surface area contributed by atoms with Crippen molar-refractivity contribution in [3.05, 3.63) is 68.8 Å². The molecular weight excluding hydrogens is 337 g/mol. The van der Waals surface area contributed by atoms with Crippen molar-refractivity contribution in [2.45, 2.75) is 26.2 Å². The van der Waals surface area contributed by atoms with Crippen LogP contribution in [0.25, 0.3) is 11.4 Å². The van der Waals surface area contributed by atoms with E-state index in [0.29, 0.717) is 5.56 Å². The second-order valence-electron chi connectivity index (χ2n) is 5.37. The highest BCUT2D eigenvalue weighted by atomic mass is 19.4. The summed E-state index contributed by atoms with van der Waals surface area (Å²) < 4.78 is 40.2. The van der Waals surface area contributed by atoms with E-state index in [-0.39, 0.29) is 24.5 Å². The molecule has 0 amide bonds. The molecule has 130 valence electrons. The lowest BCUT2D eigenvalue weighted by Gasteiger charge is -2.15. The molecule has 25 heavy (non-hydrogen) atoms. The van der Waals surface area contributed by atoms with Crippen LogP contribution in [0.4, 0.5) is 13.2 Å². The first-order valence-electron chi connectivity index (χ1n) is 7.43. The summed E-state index contributed by atoms with van der Waals surface area (Å²) in [5, 5.41) is 0. The number of aromatic nitrogens is 4. The average molecular weight is 350 g/mol. The average Bonchev–Trinajstić information content (AvgIpc) is 2.56. The van der Waals surface area contributed by atoms with Gasteiger partial charge in [0.2, 0.25) is 0 Å². The van der Waals surface area contributed by atoms with Crippen molar-refractivity contribution in [2.24, 2.45) is 0 Å². The van der Waals surface area contributed by atoms with Gasteiger partial charge in [0.1, 0.15) is 5.69 Å². The van der Waals surface area contributed by atoms with Crippen LogP contribution < -0.4 is 11.2 Å². The first-order chi connectivity index (χ1) is 11.8. The molecule has 1 aromatic rings. The maximum atomic E-state index is 12.6. The smallest absolute Gasteiger partial charge is 0.328 e. The monoisotopic (exact) mass is 350 g/mol. The molecule has 0 fully saturated rings. The minimum atomic E-state index is -4.50. The fourth-order valence-corrected chi connectivity index (χ4v) is 2.51. The summed E-state index contributed by atoms with van der Waals surface area (Å²) in [4.78, 5) is 31.6. The van der Waals surface area contributed by atoms with Gasteiger partial charge in [-0.25, -0.2) is 4.79 Å². The van der Waals surface area contributed by atoms with E-state index in [0.717, 1.165) is 16.8 Å². The van der Waals surface area contributed by atoms with Gasteiger partial charge in [-0.3, -0.25) is 14.3 Å². The SMILES string of the molecule is CCn1c(=O)nc2n(Cc3ccc(C(F)(F)F)nc3)cccc-2c1=O. The fraction of sp³-hybridized carbons (Fsp3) is 0.250. The topological polar surface area (TPSA) is 69.8 Å². The maximum absolute atomic E-state index is 12.6. The van der Waals surface area contributed by atoms with Crippen LogP contribution in [0.2, 0.25) is 0 Å². The number of hydrogen-bond acceptors (Lipinski definition) is 4. The fourth-order valence-electron chi connectivity index (χ4n) is 2.51. The summed E-state index contributed by atoms with van der Waals surface area (Å²) >= 11 is 0. The number of halogens is 3. The van der Waals surface area contributed by atoms with Crippen molar-refractivity contribution in [1.82, 2.24) is 19.1 Å².